The molecule has 0 unspecified atom stereocenters. The maximum atomic E-state index is 10.9. The van der Waals surface area contributed by atoms with Gasteiger partial charge in [0, 0.05) is 13.1 Å². The molecule has 0 aliphatic carbocycles. The van der Waals surface area contributed by atoms with E-state index in [9.17, 15) is 9.59 Å². The van der Waals surface area contributed by atoms with Crippen molar-refractivity contribution in [2.24, 2.45) is 0 Å². The van der Waals surface area contributed by atoms with Gasteiger partial charge >= 0.3 is 5.69 Å². The smallest absolute Gasteiger partial charge is 0.329 e. The zero-order valence-electron chi connectivity index (χ0n) is 6.79. The summed E-state index contributed by atoms with van der Waals surface area (Å²) in [5.41, 5.74) is -0.512. The Balaban J connectivity index is 3.20. The van der Waals surface area contributed by atoms with Crippen LogP contribution in [0.1, 0.15) is 6.92 Å². The fourth-order valence-corrected chi connectivity index (χ4v) is 1.25. The highest BCUT2D eigenvalue weighted by Crippen LogP contribution is 1.98. The molecule has 0 bridgehead atoms. The Bertz CT molecular complexity index is 390. The first kappa shape index (κ1) is 9.87. The summed E-state index contributed by atoms with van der Waals surface area (Å²) in [6.07, 6.45) is 1.32. The number of aromatic amines is 1. The first-order valence-electron chi connectivity index (χ1n) is 3.35. The normalized spacial score (nSPS) is 9.77. The molecule has 1 aromatic rings. The summed E-state index contributed by atoms with van der Waals surface area (Å²) in [4.78, 5) is 27.6. The highest BCUT2D eigenvalue weighted by molar-refractivity contribution is 6.40. The Hall–Kier alpha value is -1.22. The summed E-state index contributed by atoms with van der Waals surface area (Å²) in [6, 6.07) is 0. The molecule has 1 heterocycles. The van der Waals surface area contributed by atoms with Crippen molar-refractivity contribution in [2.45, 2.75) is 6.92 Å². The van der Waals surface area contributed by atoms with Gasteiger partial charge in [-0.3, -0.25) is 9.78 Å². The number of H-pyrrole nitrogens is 1. The number of hydrogen-bond acceptors (Lipinski definition) is 3. The van der Waals surface area contributed by atoms with Crippen LogP contribution in [0.5, 0.6) is 0 Å². The highest BCUT2D eigenvalue weighted by Gasteiger charge is 2.09. The lowest BCUT2D eigenvalue weighted by molar-refractivity contribution is -0.115. The van der Waals surface area contributed by atoms with E-state index in [0.29, 0.717) is 11.0 Å². The molecule has 7 heteroatoms. The van der Waals surface area contributed by atoms with E-state index >= 15 is 0 Å². The van der Waals surface area contributed by atoms with E-state index in [1.807, 2.05) is 0 Å². The minimum Gasteiger partial charge on any atom is -0.329 e. The molecule has 0 spiro atoms. The third-order valence-electron chi connectivity index (χ3n) is 1.33. The van der Waals surface area contributed by atoms with Gasteiger partial charge in [-0.15, -0.1) is 0 Å². The van der Waals surface area contributed by atoms with E-state index in [1.54, 1.807) is 0 Å². The van der Waals surface area contributed by atoms with Crippen LogP contribution in [0.2, 0.25) is 0 Å². The van der Waals surface area contributed by atoms with Gasteiger partial charge < -0.3 is 4.57 Å². The first-order valence-corrected chi connectivity index (χ1v) is 4.30. The number of aromatic nitrogens is 2. The van der Waals surface area contributed by atoms with Crippen LogP contribution in [0.4, 0.5) is 5.82 Å². The molecule has 0 aromatic carbocycles. The van der Waals surface area contributed by atoms with Gasteiger partial charge in [0.25, 0.3) is 0 Å². The predicted octanol–water partition coefficient (Wildman–Crippen LogP) is -2.00. The Labute approximate surface area is 81.1 Å². The molecular formula is C6H5N3O2Si2. The van der Waals surface area contributed by atoms with Gasteiger partial charge in [0.1, 0.15) is 5.82 Å². The molecule has 0 aliphatic heterocycles. The Morgan fingerprint density at radius 2 is 2.31 bits per heavy atom. The van der Waals surface area contributed by atoms with Crippen molar-refractivity contribution in [3.8, 4) is 0 Å². The fraction of sp³-hybridized carbons (Fsp3) is 0.167. The van der Waals surface area contributed by atoms with Crippen molar-refractivity contribution in [1.29, 1.82) is 0 Å². The van der Waals surface area contributed by atoms with Crippen LogP contribution >= 0.6 is 0 Å². The van der Waals surface area contributed by atoms with Gasteiger partial charge in [0.2, 0.25) is 16.3 Å². The van der Waals surface area contributed by atoms with Gasteiger partial charge in [-0.2, -0.15) is 0 Å². The Morgan fingerprint density at radius 3 is 2.85 bits per heavy atom. The van der Waals surface area contributed by atoms with Crippen molar-refractivity contribution < 1.29 is 4.79 Å². The average Bonchev–Trinajstić information content (AvgIpc) is 2.08. The maximum Gasteiger partial charge on any atom is 0.346 e. The molecule has 0 saturated heterocycles. The minimum atomic E-state index is -0.512. The molecule has 1 rings (SSSR count). The third-order valence-corrected chi connectivity index (χ3v) is 2.23. The van der Waals surface area contributed by atoms with Gasteiger partial charge in [0.15, 0.2) is 0 Å². The van der Waals surface area contributed by atoms with Gasteiger partial charge in [-0.1, -0.05) is 0 Å². The van der Waals surface area contributed by atoms with Crippen LogP contribution in [0.3, 0.4) is 0 Å². The zero-order chi connectivity index (χ0) is 10.0. The second-order valence-electron chi connectivity index (χ2n) is 2.31. The summed E-state index contributed by atoms with van der Waals surface area (Å²) in [6.45, 7) is 1.36. The van der Waals surface area contributed by atoms with Crippen LogP contribution in [-0.4, -0.2) is 36.5 Å². The molecule has 0 saturated carbocycles. The molecule has 1 aromatic heterocycles. The summed E-state index contributed by atoms with van der Waals surface area (Å²) < 4.78 is 1.13. The quantitative estimate of drug-likeness (QED) is 0.542. The van der Waals surface area contributed by atoms with Crippen LogP contribution in [-0.2, 0) is 4.79 Å². The molecule has 0 aliphatic rings. The van der Waals surface area contributed by atoms with Crippen LogP contribution in [0, 0.1) is 0 Å². The third kappa shape index (κ3) is 2.13. The fourth-order valence-electron chi connectivity index (χ4n) is 0.719. The number of carbonyl (C=O) groups excluding carboxylic acids is 1. The number of rotatable bonds is 1. The van der Waals surface area contributed by atoms with Crippen LogP contribution in [0.25, 0.3) is 0 Å². The zero-order valence-corrected chi connectivity index (χ0v) is 8.79. The van der Waals surface area contributed by atoms with Crippen molar-refractivity contribution in [2.75, 3.05) is 4.57 Å². The average molecular weight is 207 g/mol. The van der Waals surface area contributed by atoms with Crippen molar-refractivity contribution in [3.05, 3.63) is 16.7 Å². The van der Waals surface area contributed by atoms with E-state index in [4.69, 9.17) is 0 Å². The lowest BCUT2D eigenvalue weighted by Crippen LogP contribution is -2.34. The molecule has 0 atom stereocenters. The Kier molecular flexibility index (Phi) is 2.78. The number of hydrogen-bond donors (Lipinski definition) is 1. The first-order chi connectivity index (χ1) is 6.02. The van der Waals surface area contributed by atoms with Crippen molar-refractivity contribution in [3.63, 3.8) is 0 Å². The molecule has 5 nitrogen and oxygen atoms in total. The molecule has 1 N–H and O–H groups in total. The second-order valence-corrected chi connectivity index (χ2v) is 3.29. The van der Waals surface area contributed by atoms with E-state index in [1.165, 1.54) is 13.1 Å². The van der Waals surface area contributed by atoms with Crippen molar-refractivity contribution >= 4 is 37.6 Å². The largest absolute Gasteiger partial charge is 0.346 e. The second kappa shape index (κ2) is 3.66. The number of carbonyl (C=O) groups is 1. The van der Waals surface area contributed by atoms with Crippen LogP contribution < -0.4 is 15.4 Å². The van der Waals surface area contributed by atoms with Gasteiger partial charge in [-0.05, 0) is 5.19 Å². The SMILES string of the molecule is CC(=O)N([Si])c1[nH]c(=O)ncc1[Si]. The minimum absolute atomic E-state index is 0.252. The van der Waals surface area contributed by atoms with Gasteiger partial charge in [-0.25, -0.2) is 9.78 Å². The molecule has 6 radical (unpaired) electrons. The number of amides is 1. The Morgan fingerprint density at radius 1 is 1.69 bits per heavy atom. The molecule has 64 valence electrons. The lowest BCUT2D eigenvalue weighted by Gasteiger charge is -2.15. The monoisotopic (exact) mass is 207 g/mol. The number of anilines is 1. The standard InChI is InChI=1S/C6H5N3O2Si2/c1-3(10)9(13)5-4(12)2-7-6(11)8-5/h2H,1H3,(H,7,8,11). The lowest BCUT2D eigenvalue weighted by atomic mass is 10.5. The van der Waals surface area contributed by atoms with E-state index < -0.39 is 5.69 Å². The van der Waals surface area contributed by atoms with Gasteiger partial charge in [0.05, 0.1) is 10.2 Å². The highest BCUT2D eigenvalue weighted by atomic mass is 28.2. The topological polar surface area (TPSA) is 66.1 Å². The van der Waals surface area contributed by atoms with Crippen molar-refractivity contribution in [1.82, 2.24) is 9.97 Å². The summed E-state index contributed by atoms with van der Waals surface area (Å²) in [5.74, 6) is 0.0684. The maximum absolute atomic E-state index is 10.9. The summed E-state index contributed by atoms with van der Waals surface area (Å²) in [5, 5.41) is 0.518. The van der Waals surface area contributed by atoms with E-state index in [-0.39, 0.29) is 5.91 Å². The molecule has 13 heavy (non-hydrogen) atoms. The van der Waals surface area contributed by atoms with Crippen LogP contribution in [0.15, 0.2) is 11.0 Å². The number of nitrogens with one attached hydrogen (secondary N) is 1. The summed E-state index contributed by atoms with van der Waals surface area (Å²) in [7, 11) is 6.24. The molecule has 0 fully saturated rings. The number of nitrogens with zero attached hydrogens (tertiary/aromatic N) is 2. The molecule has 1 amide bonds. The molecular weight excluding hydrogens is 202 g/mol. The predicted molar refractivity (Wildman–Crippen MR) is 49.2 cm³/mol. The summed E-state index contributed by atoms with van der Waals surface area (Å²) >= 11 is 0. The van der Waals surface area contributed by atoms with E-state index in [2.05, 4.69) is 30.6 Å². The van der Waals surface area contributed by atoms with E-state index in [0.717, 1.165) is 4.57 Å².